The van der Waals surface area contributed by atoms with Crippen LogP contribution in [0.2, 0.25) is 10.0 Å². The van der Waals surface area contributed by atoms with Crippen LogP contribution < -0.4 is 0 Å². The summed E-state index contributed by atoms with van der Waals surface area (Å²) in [5.41, 5.74) is 3.75. The molecule has 0 saturated heterocycles. The first-order valence-corrected chi connectivity index (χ1v) is 8.14. The van der Waals surface area contributed by atoms with Crippen LogP contribution in [0.1, 0.15) is 11.1 Å². The molecule has 0 fully saturated rings. The largest absolute Gasteiger partial charge is 0.256 e. The van der Waals surface area contributed by atoms with Gasteiger partial charge in [0.1, 0.15) is 0 Å². The monoisotopic (exact) mass is 352 g/mol. The maximum Gasteiger partial charge on any atom is 0.0631 e. The summed E-state index contributed by atoms with van der Waals surface area (Å²) in [5.74, 6) is 0. The summed E-state index contributed by atoms with van der Waals surface area (Å²) in [6, 6.07) is 22.8. The lowest BCUT2D eigenvalue weighted by Crippen LogP contribution is -1.79. The number of nitrogens with zero attached hydrogens (tertiary/aromatic N) is 2. The number of hydrogen-bond donors (Lipinski definition) is 0. The standard InChI is InChI=1S/C20H14Cl2N2/c21-17-5-1-15(2-6-17)13-23-19-9-11-20(12-10-19)24-14-16-3-7-18(22)8-4-16/h1-14H/b23-13+,24-14+. The molecule has 0 saturated carbocycles. The quantitative estimate of drug-likeness (QED) is 0.479. The van der Waals surface area contributed by atoms with Crippen molar-refractivity contribution in [2.75, 3.05) is 0 Å². The van der Waals surface area contributed by atoms with Crippen LogP contribution in [0, 0.1) is 0 Å². The molecule has 118 valence electrons. The molecular weight excluding hydrogens is 339 g/mol. The highest BCUT2D eigenvalue weighted by Crippen LogP contribution is 2.19. The molecule has 0 spiro atoms. The van der Waals surface area contributed by atoms with E-state index in [1.807, 2.05) is 85.2 Å². The molecule has 3 rings (SSSR count). The van der Waals surface area contributed by atoms with Gasteiger partial charge in [0.25, 0.3) is 0 Å². The summed E-state index contributed by atoms with van der Waals surface area (Å²) < 4.78 is 0. The molecular formula is C20H14Cl2N2. The second kappa shape index (κ2) is 7.91. The van der Waals surface area contributed by atoms with Crippen molar-refractivity contribution in [2.45, 2.75) is 0 Å². The van der Waals surface area contributed by atoms with E-state index in [0.717, 1.165) is 32.5 Å². The Bertz CT molecular complexity index is 775. The van der Waals surface area contributed by atoms with Crippen LogP contribution in [0.4, 0.5) is 11.4 Å². The number of rotatable bonds is 4. The number of aliphatic imine (C=N–C) groups is 2. The van der Waals surface area contributed by atoms with Crippen LogP contribution in [-0.4, -0.2) is 12.4 Å². The highest BCUT2D eigenvalue weighted by Gasteiger charge is 1.93. The topological polar surface area (TPSA) is 24.7 Å². The van der Waals surface area contributed by atoms with Crippen molar-refractivity contribution < 1.29 is 0 Å². The molecule has 0 radical (unpaired) electrons. The number of halogens is 2. The van der Waals surface area contributed by atoms with Crippen LogP contribution >= 0.6 is 23.2 Å². The van der Waals surface area contributed by atoms with Crippen LogP contribution in [0.15, 0.2) is 82.8 Å². The minimum atomic E-state index is 0.718. The molecule has 0 aliphatic rings. The van der Waals surface area contributed by atoms with Crippen molar-refractivity contribution in [3.63, 3.8) is 0 Å². The third-order valence-corrected chi connectivity index (χ3v) is 3.82. The van der Waals surface area contributed by atoms with Gasteiger partial charge in [-0.05, 0) is 59.7 Å². The van der Waals surface area contributed by atoms with Gasteiger partial charge >= 0.3 is 0 Å². The van der Waals surface area contributed by atoms with E-state index in [9.17, 15) is 0 Å². The van der Waals surface area contributed by atoms with E-state index in [4.69, 9.17) is 23.2 Å². The van der Waals surface area contributed by atoms with E-state index in [0.29, 0.717) is 0 Å². The molecule has 3 aromatic carbocycles. The lowest BCUT2D eigenvalue weighted by atomic mass is 10.2. The summed E-state index contributed by atoms with van der Waals surface area (Å²) >= 11 is 11.7. The van der Waals surface area contributed by atoms with E-state index in [1.54, 1.807) is 0 Å². The third-order valence-electron chi connectivity index (χ3n) is 3.32. The summed E-state index contributed by atoms with van der Waals surface area (Å²) in [6.07, 6.45) is 3.62. The van der Waals surface area contributed by atoms with Crippen molar-refractivity contribution in [2.24, 2.45) is 9.98 Å². The van der Waals surface area contributed by atoms with Gasteiger partial charge in [-0.25, -0.2) is 0 Å². The SMILES string of the molecule is Clc1ccc(/C=N/c2ccc(/N=C/c3ccc(Cl)cc3)cc2)cc1. The minimum Gasteiger partial charge on any atom is -0.256 e. The van der Waals surface area contributed by atoms with Gasteiger partial charge in [-0.2, -0.15) is 0 Å². The van der Waals surface area contributed by atoms with Crippen molar-refractivity contribution in [1.29, 1.82) is 0 Å². The Morgan fingerprint density at radius 2 is 0.833 bits per heavy atom. The molecule has 0 unspecified atom stereocenters. The van der Waals surface area contributed by atoms with Crippen molar-refractivity contribution in [3.05, 3.63) is 94.0 Å². The van der Waals surface area contributed by atoms with Crippen LogP contribution in [0.5, 0.6) is 0 Å². The molecule has 2 nitrogen and oxygen atoms in total. The Morgan fingerprint density at radius 3 is 1.17 bits per heavy atom. The number of benzene rings is 3. The minimum absolute atomic E-state index is 0.718. The molecule has 0 atom stereocenters. The van der Waals surface area contributed by atoms with Crippen LogP contribution in [-0.2, 0) is 0 Å². The Hall–Kier alpha value is -2.42. The fourth-order valence-corrected chi connectivity index (χ4v) is 2.27. The second-order valence-corrected chi connectivity index (χ2v) is 6.01. The molecule has 3 aromatic rings. The van der Waals surface area contributed by atoms with Gasteiger partial charge in [0.05, 0.1) is 11.4 Å². The maximum atomic E-state index is 5.86. The Kier molecular flexibility index (Phi) is 5.42. The maximum absolute atomic E-state index is 5.86. The fourth-order valence-electron chi connectivity index (χ4n) is 2.02. The molecule has 0 N–H and O–H groups in total. The Morgan fingerprint density at radius 1 is 0.500 bits per heavy atom. The predicted octanol–water partition coefficient (Wildman–Crippen LogP) is 6.49. The predicted molar refractivity (Wildman–Crippen MR) is 104 cm³/mol. The first-order valence-electron chi connectivity index (χ1n) is 7.38. The molecule has 24 heavy (non-hydrogen) atoms. The Labute approximate surface area is 151 Å². The molecule has 0 heterocycles. The zero-order valence-corrected chi connectivity index (χ0v) is 14.2. The Balaban J connectivity index is 1.66. The summed E-state index contributed by atoms with van der Waals surface area (Å²) in [4.78, 5) is 8.88. The van der Waals surface area contributed by atoms with Crippen molar-refractivity contribution in [1.82, 2.24) is 0 Å². The first-order chi connectivity index (χ1) is 11.7. The zero-order valence-electron chi connectivity index (χ0n) is 12.7. The molecule has 0 bridgehead atoms. The van der Waals surface area contributed by atoms with E-state index < -0.39 is 0 Å². The summed E-state index contributed by atoms with van der Waals surface area (Å²) in [7, 11) is 0. The molecule has 0 aliphatic carbocycles. The van der Waals surface area contributed by atoms with Gasteiger partial charge in [-0.3, -0.25) is 9.98 Å². The fraction of sp³-hybridized carbons (Fsp3) is 0. The van der Waals surface area contributed by atoms with E-state index >= 15 is 0 Å². The normalized spacial score (nSPS) is 11.4. The van der Waals surface area contributed by atoms with E-state index in [-0.39, 0.29) is 0 Å². The second-order valence-electron chi connectivity index (χ2n) is 5.14. The van der Waals surface area contributed by atoms with Crippen molar-refractivity contribution >= 4 is 47.0 Å². The average molecular weight is 353 g/mol. The van der Waals surface area contributed by atoms with Gasteiger partial charge in [0.2, 0.25) is 0 Å². The third kappa shape index (κ3) is 4.79. The highest BCUT2D eigenvalue weighted by atomic mass is 35.5. The summed E-state index contributed by atoms with van der Waals surface area (Å²) in [5, 5.41) is 1.44. The molecule has 4 heteroatoms. The zero-order chi connectivity index (χ0) is 16.8. The highest BCUT2D eigenvalue weighted by molar-refractivity contribution is 6.30. The smallest absolute Gasteiger partial charge is 0.0631 e. The van der Waals surface area contributed by atoms with Gasteiger partial charge in [0, 0.05) is 22.5 Å². The first kappa shape index (κ1) is 16.4. The summed E-state index contributed by atoms with van der Waals surface area (Å²) in [6.45, 7) is 0. The van der Waals surface area contributed by atoms with E-state index in [1.165, 1.54) is 0 Å². The average Bonchev–Trinajstić information content (AvgIpc) is 2.62. The lowest BCUT2D eigenvalue weighted by Gasteiger charge is -1.97. The van der Waals surface area contributed by atoms with Crippen LogP contribution in [0.25, 0.3) is 0 Å². The van der Waals surface area contributed by atoms with Gasteiger partial charge in [0.15, 0.2) is 0 Å². The van der Waals surface area contributed by atoms with Crippen LogP contribution in [0.3, 0.4) is 0 Å². The van der Waals surface area contributed by atoms with E-state index in [2.05, 4.69) is 9.98 Å². The number of hydrogen-bond acceptors (Lipinski definition) is 2. The molecule has 0 aromatic heterocycles. The molecule has 0 amide bonds. The van der Waals surface area contributed by atoms with Gasteiger partial charge < -0.3 is 0 Å². The van der Waals surface area contributed by atoms with Gasteiger partial charge in [-0.1, -0.05) is 47.5 Å². The lowest BCUT2D eigenvalue weighted by molar-refractivity contribution is 1.48. The van der Waals surface area contributed by atoms with Gasteiger partial charge in [-0.15, -0.1) is 0 Å². The van der Waals surface area contributed by atoms with Crippen molar-refractivity contribution in [3.8, 4) is 0 Å². The molecule has 0 aliphatic heterocycles.